The van der Waals surface area contributed by atoms with Gasteiger partial charge in [0.1, 0.15) is 5.39 Å². The van der Waals surface area contributed by atoms with Gasteiger partial charge in [0.05, 0.1) is 12.5 Å². The number of aromatic nitrogens is 1. The number of fused-ring (bicyclic) bond motifs is 4. The molecule has 8 heteroatoms. The molecule has 0 bridgehead atoms. The number of rotatable bonds is 1. The second-order valence-electron chi connectivity index (χ2n) is 5.68. The molecule has 0 aliphatic heterocycles. The third kappa shape index (κ3) is 2.22. The van der Waals surface area contributed by atoms with Crippen LogP contribution in [0.4, 0.5) is 0 Å². The first-order valence-corrected chi connectivity index (χ1v) is 7.37. The number of halogens is 1. The molecule has 7 nitrogen and oxygen atoms in total. The number of nitrogens with zero attached hydrogens (tertiary/aromatic N) is 1. The summed E-state index contributed by atoms with van der Waals surface area (Å²) in [5.74, 6) is -2.33. The molecule has 0 amide bonds. The van der Waals surface area contributed by atoms with E-state index < -0.39 is 23.0 Å². The molecule has 0 aliphatic rings. The van der Waals surface area contributed by atoms with Gasteiger partial charge in [-0.05, 0) is 17.5 Å². The van der Waals surface area contributed by atoms with E-state index in [1.165, 1.54) is 13.2 Å². The van der Waals surface area contributed by atoms with E-state index in [1.54, 1.807) is 35.0 Å². The summed E-state index contributed by atoms with van der Waals surface area (Å²) >= 11 is 0. The molecule has 4 rings (SSSR count). The zero-order chi connectivity index (χ0) is 17.9. The van der Waals surface area contributed by atoms with Gasteiger partial charge >= 0.3 is 0 Å². The lowest BCUT2D eigenvalue weighted by Crippen LogP contribution is -3.00. The van der Waals surface area contributed by atoms with Gasteiger partial charge in [-0.25, -0.2) is 0 Å². The topological polar surface area (TPSA) is 114 Å². The van der Waals surface area contributed by atoms with Crippen LogP contribution < -0.4 is 26.1 Å². The van der Waals surface area contributed by atoms with Gasteiger partial charge in [0.2, 0.25) is 17.0 Å². The molecule has 0 saturated heterocycles. The van der Waals surface area contributed by atoms with Gasteiger partial charge in [-0.2, -0.15) is 4.40 Å². The smallest absolute Gasteiger partial charge is 0.223 e. The zero-order valence-corrected chi connectivity index (χ0v) is 15.0. The summed E-state index contributed by atoms with van der Waals surface area (Å²) in [6.45, 7) is 0. The van der Waals surface area contributed by atoms with Gasteiger partial charge < -0.3 is 47.3 Å². The maximum Gasteiger partial charge on any atom is 0.223 e. The number of pyridine rings is 2. The van der Waals surface area contributed by atoms with Crippen LogP contribution in [0.5, 0.6) is 34.5 Å². The van der Waals surface area contributed by atoms with Crippen LogP contribution in [0.3, 0.4) is 0 Å². The Balaban J connectivity index is 0.00000196. The molecule has 0 fully saturated rings. The molecule has 0 unspecified atom stereocenters. The Kier molecular flexibility index (Phi) is 4.08. The fraction of sp³-hybridized carbons (Fsp3) is 0.0556. The van der Waals surface area contributed by atoms with Crippen LogP contribution in [-0.4, -0.2) is 32.6 Å². The first kappa shape index (κ1) is 17.7. The number of benzene rings is 2. The molecule has 4 aromatic rings. The van der Waals surface area contributed by atoms with E-state index in [9.17, 15) is 25.5 Å². The Morgan fingerprint density at radius 1 is 0.808 bits per heavy atom. The van der Waals surface area contributed by atoms with Crippen LogP contribution in [0.2, 0.25) is 0 Å². The summed E-state index contributed by atoms with van der Waals surface area (Å²) in [4.78, 5) is 0. The van der Waals surface area contributed by atoms with Crippen molar-refractivity contribution in [1.29, 1.82) is 0 Å². The Hall–Kier alpha value is -3.13. The molecule has 0 saturated carbocycles. The molecule has 0 radical (unpaired) electrons. The highest BCUT2D eigenvalue weighted by Crippen LogP contribution is 2.49. The molecule has 0 atom stereocenters. The minimum Gasteiger partial charge on any atom is -1.00 e. The van der Waals surface area contributed by atoms with Crippen LogP contribution in [0.1, 0.15) is 0 Å². The summed E-state index contributed by atoms with van der Waals surface area (Å²) in [7, 11) is 1.46. The van der Waals surface area contributed by atoms with Crippen molar-refractivity contribution in [2.24, 2.45) is 0 Å². The molecular weight excluding hydrogens is 406 g/mol. The largest absolute Gasteiger partial charge is 1.00 e. The first-order valence-electron chi connectivity index (χ1n) is 7.37. The van der Waals surface area contributed by atoms with E-state index in [2.05, 4.69) is 0 Å². The molecule has 2 heterocycles. The second kappa shape index (κ2) is 5.99. The minimum atomic E-state index is -0.796. The lowest BCUT2D eigenvalue weighted by Gasteiger charge is -2.09. The lowest BCUT2D eigenvalue weighted by atomic mass is 10.0. The summed E-state index contributed by atoms with van der Waals surface area (Å²) < 4.78 is 6.73. The van der Waals surface area contributed by atoms with Crippen molar-refractivity contribution in [1.82, 2.24) is 0 Å². The third-order valence-electron chi connectivity index (χ3n) is 4.36. The highest BCUT2D eigenvalue weighted by molar-refractivity contribution is 6.07. The molecule has 0 aliphatic carbocycles. The third-order valence-corrected chi connectivity index (χ3v) is 4.36. The number of phenolic OH excluding ortho intramolecular Hbond substituents is 5. The number of hydrogen-bond donors (Lipinski definition) is 5. The highest BCUT2D eigenvalue weighted by Gasteiger charge is 2.24. The van der Waals surface area contributed by atoms with E-state index in [1.807, 2.05) is 0 Å². The van der Waals surface area contributed by atoms with Crippen LogP contribution in [0, 0.1) is 0 Å². The summed E-state index contributed by atoms with van der Waals surface area (Å²) in [6, 6.07) is 6.52. The van der Waals surface area contributed by atoms with Gasteiger partial charge in [0.15, 0.2) is 35.4 Å². The van der Waals surface area contributed by atoms with E-state index in [0.29, 0.717) is 22.0 Å². The van der Waals surface area contributed by atoms with Crippen LogP contribution in [-0.2, 0) is 0 Å². The second-order valence-corrected chi connectivity index (χ2v) is 5.68. The van der Waals surface area contributed by atoms with Crippen molar-refractivity contribution >= 4 is 27.1 Å². The molecule has 0 spiro atoms. The highest BCUT2D eigenvalue weighted by atomic mass is 79.9. The molecule has 5 N–H and O–H groups in total. The normalized spacial score (nSPS) is 11.0. The fourth-order valence-electron chi connectivity index (χ4n) is 3.08. The van der Waals surface area contributed by atoms with Crippen molar-refractivity contribution in [2.75, 3.05) is 7.11 Å². The lowest BCUT2D eigenvalue weighted by molar-refractivity contribution is -0.509. The summed E-state index contributed by atoms with van der Waals surface area (Å²) in [6.07, 6.45) is 3.24. The number of methoxy groups -OCH3 is 1. The van der Waals surface area contributed by atoms with E-state index in [0.717, 1.165) is 0 Å². The standard InChI is InChI=1S/C18H13NO6.BrH/c1-25-12-3-2-8-6-11-13-9(15(21)17(23)18(24)16(13)22)4-5-19(11)7-10(8)14(12)20;/h2-7H,1H3,(H4,20,21,22,23,24);1H. The van der Waals surface area contributed by atoms with Gasteiger partial charge in [0, 0.05) is 17.5 Å². The maximum absolute atomic E-state index is 10.3. The Labute approximate surface area is 157 Å². The predicted molar refractivity (Wildman–Crippen MR) is 89.5 cm³/mol. The fourth-order valence-corrected chi connectivity index (χ4v) is 3.08. The molecule has 134 valence electrons. The van der Waals surface area contributed by atoms with E-state index in [4.69, 9.17) is 4.74 Å². The van der Waals surface area contributed by atoms with Crippen molar-refractivity contribution in [3.63, 3.8) is 0 Å². The van der Waals surface area contributed by atoms with Gasteiger partial charge in [-0.3, -0.25) is 0 Å². The van der Waals surface area contributed by atoms with E-state index >= 15 is 0 Å². The Morgan fingerprint density at radius 3 is 2.19 bits per heavy atom. The van der Waals surface area contributed by atoms with Gasteiger partial charge in [-0.1, -0.05) is 0 Å². The molecule has 2 aromatic heterocycles. The summed E-state index contributed by atoms with van der Waals surface area (Å²) in [5.41, 5.74) is 0.470. The quantitative estimate of drug-likeness (QED) is 0.0913. The van der Waals surface area contributed by atoms with Crippen LogP contribution in [0.15, 0.2) is 36.7 Å². The number of aromatic hydroxyl groups is 5. The van der Waals surface area contributed by atoms with Crippen molar-refractivity contribution in [3.8, 4) is 34.5 Å². The molecule has 2 aromatic carbocycles. The molecule has 26 heavy (non-hydrogen) atoms. The SMILES string of the molecule is COc1ccc2cc3c4c(O)c(O)c(O)c(O)c4cc[n+]3cc2c1O.[Br-]. The van der Waals surface area contributed by atoms with Gasteiger partial charge in [-0.15, -0.1) is 0 Å². The van der Waals surface area contributed by atoms with Gasteiger partial charge in [0.25, 0.3) is 0 Å². The zero-order valence-electron chi connectivity index (χ0n) is 13.4. The first-order chi connectivity index (χ1) is 11.9. The predicted octanol–water partition coefficient (Wildman–Crippen LogP) is -0.728. The average molecular weight is 420 g/mol. The number of hydrogen-bond acceptors (Lipinski definition) is 6. The Bertz CT molecular complexity index is 1190. The monoisotopic (exact) mass is 419 g/mol. The number of phenols is 5. The minimum absolute atomic E-state index is 0. The average Bonchev–Trinajstić information content (AvgIpc) is 2.63. The van der Waals surface area contributed by atoms with Crippen molar-refractivity contribution in [2.45, 2.75) is 0 Å². The van der Waals surface area contributed by atoms with Crippen LogP contribution in [0.25, 0.3) is 27.1 Å². The van der Waals surface area contributed by atoms with E-state index in [-0.39, 0.29) is 33.5 Å². The van der Waals surface area contributed by atoms with Crippen LogP contribution >= 0.6 is 0 Å². The Morgan fingerprint density at radius 2 is 1.50 bits per heavy atom. The maximum atomic E-state index is 10.3. The van der Waals surface area contributed by atoms with Crippen molar-refractivity contribution in [3.05, 3.63) is 36.7 Å². The molecular formula is C18H14BrNO6. The number of ether oxygens (including phenoxy) is 1. The summed E-state index contributed by atoms with van der Waals surface area (Å²) in [5, 5.41) is 51.7. The van der Waals surface area contributed by atoms with Crippen molar-refractivity contribution < 1.29 is 51.7 Å².